The molecule has 0 saturated heterocycles. The van der Waals surface area contributed by atoms with Crippen molar-refractivity contribution in [2.24, 2.45) is 7.05 Å². The fourth-order valence-corrected chi connectivity index (χ4v) is 3.22. The van der Waals surface area contributed by atoms with Crippen molar-refractivity contribution in [1.82, 2.24) is 9.55 Å². The number of carboxylic acids is 1. The van der Waals surface area contributed by atoms with E-state index in [0.29, 0.717) is 30.0 Å². The van der Waals surface area contributed by atoms with Crippen LogP contribution in [0, 0.1) is 13.8 Å². The average Bonchev–Trinajstić information content (AvgIpc) is 2.61. The normalized spacial score (nSPS) is 13.2. The summed E-state index contributed by atoms with van der Waals surface area (Å²) in [7, 11) is 1.74. The lowest BCUT2D eigenvalue weighted by molar-refractivity contribution is -0.136. The number of aromatic nitrogens is 2. The summed E-state index contributed by atoms with van der Waals surface area (Å²) in [5, 5.41) is 8.95. The number of nitrogens with zero attached hydrogens (tertiary/aromatic N) is 2. The van der Waals surface area contributed by atoms with E-state index in [9.17, 15) is 9.59 Å². The second-order valence-electron chi connectivity index (χ2n) is 6.42. The van der Waals surface area contributed by atoms with Gasteiger partial charge in [-0.15, -0.1) is 0 Å². The van der Waals surface area contributed by atoms with Crippen LogP contribution in [0.15, 0.2) is 16.9 Å². The van der Waals surface area contributed by atoms with Crippen LogP contribution in [0.4, 0.5) is 0 Å². The van der Waals surface area contributed by atoms with Gasteiger partial charge in [0.05, 0.1) is 12.3 Å². The minimum atomic E-state index is -0.820. The van der Waals surface area contributed by atoms with Gasteiger partial charge in [0.2, 0.25) is 0 Å². The largest absolute Gasteiger partial charge is 0.493 e. The van der Waals surface area contributed by atoms with Crippen molar-refractivity contribution in [2.75, 3.05) is 6.61 Å². The third-order valence-electron chi connectivity index (χ3n) is 4.85. The van der Waals surface area contributed by atoms with E-state index in [1.54, 1.807) is 11.6 Å². The summed E-state index contributed by atoms with van der Waals surface area (Å²) in [5.74, 6) is -0.138. The Hall–Kier alpha value is -2.63. The third kappa shape index (κ3) is 3.16. The number of rotatable bonds is 4. The topological polar surface area (TPSA) is 81.4 Å². The summed E-state index contributed by atoms with van der Waals surface area (Å²) >= 11 is 0. The summed E-state index contributed by atoms with van der Waals surface area (Å²) < 4.78 is 7.49. The average molecular weight is 342 g/mol. The van der Waals surface area contributed by atoms with E-state index in [4.69, 9.17) is 9.84 Å². The highest BCUT2D eigenvalue weighted by molar-refractivity contribution is 5.71. The molecular weight excluding hydrogens is 320 g/mol. The van der Waals surface area contributed by atoms with Crippen molar-refractivity contribution in [1.29, 1.82) is 0 Å². The third-order valence-corrected chi connectivity index (χ3v) is 4.85. The van der Waals surface area contributed by atoms with Crippen molar-refractivity contribution >= 4 is 5.97 Å². The molecule has 6 heteroatoms. The van der Waals surface area contributed by atoms with E-state index < -0.39 is 5.97 Å². The lowest BCUT2D eigenvalue weighted by Crippen LogP contribution is -2.24. The Balaban J connectivity index is 2.16. The highest BCUT2D eigenvalue weighted by Gasteiger charge is 2.23. The first-order valence-electron chi connectivity index (χ1n) is 8.44. The van der Waals surface area contributed by atoms with Crippen molar-refractivity contribution in [2.45, 2.75) is 39.5 Å². The zero-order chi connectivity index (χ0) is 18.1. The number of carboxylic acid groups (broad SMARTS) is 1. The smallest absolute Gasteiger partial charge is 0.303 e. The second kappa shape index (κ2) is 6.70. The maximum atomic E-state index is 12.7. The number of hydrogen-bond donors (Lipinski definition) is 1. The molecule has 0 saturated carbocycles. The molecule has 2 heterocycles. The number of carbonyl (C=O) groups is 1. The summed E-state index contributed by atoms with van der Waals surface area (Å²) in [4.78, 5) is 28.1. The van der Waals surface area contributed by atoms with Crippen molar-refractivity contribution < 1.29 is 14.6 Å². The molecular formula is C19H22N2O4. The molecule has 25 heavy (non-hydrogen) atoms. The van der Waals surface area contributed by atoms with Gasteiger partial charge in [-0.05, 0) is 50.3 Å². The Kier molecular flexibility index (Phi) is 4.61. The van der Waals surface area contributed by atoms with Crippen LogP contribution in [0.2, 0.25) is 0 Å². The molecule has 0 unspecified atom stereocenters. The predicted molar refractivity (Wildman–Crippen MR) is 94.2 cm³/mol. The van der Waals surface area contributed by atoms with E-state index in [0.717, 1.165) is 35.4 Å². The van der Waals surface area contributed by atoms with E-state index in [-0.39, 0.29) is 12.0 Å². The van der Waals surface area contributed by atoms with Crippen LogP contribution in [0.1, 0.15) is 35.4 Å². The van der Waals surface area contributed by atoms with Crippen molar-refractivity contribution in [3.8, 4) is 17.0 Å². The minimum Gasteiger partial charge on any atom is -0.493 e. The summed E-state index contributed by atoms with van der Waals surface area (Å²) in [6, 6.07) is 3.74. The first-order chi connectivity index (χ1) is 11.9. The molecule has 0 radical (unpaired) electrons. The standard InChI is InChI=1S/C19H22N2O4/c1-11-12(2)21(3)19(24)17(20-11)15-8-6-13(7-9-16(22)23)14-5-4-10-25-18(14)15/h6,8H,4-5,7,9-10H2,1-3H3,(H,22,23). The number of benzene rings is 1. The van der Waals surface area contributed by atoms with Crippen molar-refractivity contribution in [3.63, 3.8) is 0 Å². The van der Waals surface area contributed by atoms with Crippen LogP contribution in [0.3, 0.4) is 0 Å². The summed E-state index contributed by atoms with van der Waals surface area (Å²) in [6.45, 7) is 4.34. The highest BCUT2D eigenvalue weighted by atomic mass is 16.5. The number of hydrogen-bond acceptors (Lipinski definition) is 4. The molecule has 1 aliphatic heterocycles. The van der Waals surface area contributed by atoms with Crippen LogP contribution in [-0.4, -0.2) is 27.2 Å². The van der Waals surface area contributed by atoms with Gasteiger partial charge in [-0.2, -0.15) is 0 Å². The molecule has 0 aliphatic carbocycles. The molecule has 132 valence electrons. The van der Waals surface area contributed by atoms with Crippen LogP contribution in [0.25, 0.3) is 11.3 Å². The van der Waals surface area contributed by atoms with Crippen LogP contribution >= 0.6 is 0 Å². The second-order valence-corrected chi connectivity index (χ2v) is 6.42. The van der Waals surface area contributed by atoms with Crippen LogP contribution in [-0.2, 0) is 24.7 Å². The molecule has 6 nitrogen and oxygen atoms in total. The minimum absolute atomic E-state index is 0.0788. The van der Waals surface area contributed by atoms with E-state index in [2.05, 4.69) is 4.98 Å². The first-order valence-corrected chi connectivity index (χ1v) is 8.44. The molecule has 2 aromatic rings. The summed E-state index contributed by atoms with van der Waals surface area (Å²) in [5.41, 5.74) is 4.54. The van der Waals surface area contributed by atoms with Crippen LogP contribution in [0.5, 0.6) is 5.75 Å². The molecule has 1 aromatic heterocycles. The zero-order valence-corrected chi connectivity index (χ0v) is 14.8. The molecule has 1 aliphatic rings. The lowest BCUT2D eigenvalue weighted by Gasteiger charge is -2.23. The SMILES string of the molecule is Cc1nc(-c2ccc(CCC(=O)O)c3c2OCCC3)c(=O)n(C)c1C. The fraction of sp³-hybridized carbons (Fsp3) is 0.421. The van der Waals surface area contributed by atoms with Gasteiger partial charge in [0.15, 0.2) is 0 Å². The zero-order valence-electron chi connectivity index (χ0n) is 14.8. The van der Waals surface area contributed by atoms with E-state index >= 15 is 0 Å². The van der Waals surface area contributed by atoms with Gasteiger partial charge < -0.3 is 14.4 Å². The number of aliphatic carboxylic acids is 1. The predicted octanol–water partition coefficient (Wildman–Crippen LogP) is 2.41. The fourth-order valence-electron chi connectivity index (χ4n) is 3.22. The molecule has 1 aromatic carbocycles. The Bertz CT molecular complexity index is 899. The Morgan fingerprint density at radius 3 is 2.84 bits per heavy atom. The Morgan fingerprint density at radius 1 is 1.36 bits per heavy atom. The van der Waals surface area contributed by atoms with Crippen molar-refractivity contribution in [3.05, 3.63) is 45.0 Å². The Labute approximate surface area is 146 Å². The van der Waals surface area contributed by atoms with E-state index in [1.165, 1.54) is 0 Å². The number of fused-ring (bicyclic) bond motifs is 1. The van der Waals surface area contributed by atoms with Gasteiger partial charge >= 0.3 is 5.97 Å². The maximum Gasteiger partial charge on any atom is 0.303 e. The highest BCUT2D eigenvalue weighted by Crippen LogP contribution is 2.37. The number of ether oxygens (including phenoxy) is 1. The first kappa shape index (κ1) is 17.2. The quantitative estimate of drug-likeness (QED) is 0.923. The Morgan fingerprint density at radius 2 is 2.12 bits per heavy atom. The van der Waals surface area contributed by atoms with Gasteiger partial charge in [0, 0.05) is 24.7 Å². The molecule has 1 N–H and O–H groups in total. The lowest BCUT2D eigenvalue weighted by atomic mass is 9.93. The molecule has 3 rings (SSSR count). The molecule has 0 bridgehead atoms. The van der Waals surface area contributed by atoms with Gasteiger partial charge in [0.25, 0.3) is 5.56 Å². The number of aryl methyl sites for hydroxylation is 2. The van der Waals surface area contributed by atoms with Gasteiger partial charge in [-0.3, -0.25) is 9.59 Å². The van der Waals surface area contributed by atoms with Gasteiger partial charge in [0.1, 0.15) is 11.4 Å². The molecule has 0 fully saturated rings. The summed E-state index contributed by atoms with van der Waals surface area (Å²) in [6.07, 6.45) is 2.24. The molecule has 0 spiro atoms. The van der Waals surface area contributed by atoms with Crippen LogP contribution < -0.4 is 10.3 Å². The monoisotopic (exact) mass is 342 g/mol. The van der Waals surface area contributed by atoms with Gasteiger partial charge in [-0.1, -0.05) is 6.07 Å². The van der Waals surface area contributed by atoms with E-state index in [1.807, 2.05) is 26.0 Å². The molecule has 0 atom stereocenters. The maximum absolute atomic E-state index is 12.7. The molecule has 0 amide bonds. The van der Waals surface area contributed by atoms with Gasteiger partial charge in [-0.25, -0.2) is 4.98 Å².